The number of hydrogen-bond acceptors (Lipinski definition) is 13. The van der Waals surface area contributed by atoms with Gasteiger partial charge in [0.15, 0.2) is 17.7 Å². The van der Waals surface area contributed by atoms with Crippen molar-refractivity contribution in [2.45, 2.75) is 69.2 Å². The first-order chi connectivity index (χ1) is 29.0. The predicted octanol–water partition coefficient (Wildman–Crippen LogP) is 2.01. The van der Waals surface area contributed by atoms with E-state index < -0.39 is 30.0 Å². The maximum absolute atomic E-state index is 13.2. The van der Waals surface area contributed by atoms with Crippen LogP contribution in [0.1, 0.15) is 89.2 Å². The quantitative estimate of drug-likeness (QED) is 0.216. The smallest absolute Gasteiger partial charge is 0.320 e. The molecule has 0 radical (unpaired) electrons. The van der Waals surface area contributed by atoms with Crippen molar-refractivity contribution in [2.75, 3.05) is 81.1 Å². The Labute approximate surface area is 348 Å². The number of carbonyl (C=O) groups excluding carboxylic acids is 5. The first-order valence-corrected chi connectivity index (χ1v) is 21.1. The average molecular weight is 821 g/mol. The van der Waals surface area contributed by atoms with E-state index in [-0.39, 0.29) is 42.3 Å². The molecule has 0 aliphatic carbocycles. The van der Waals surface area contributed by atoms with Crippen LogP contribution >= 0.6 is 0 Å². The number of nitrogens with one attached hydrogen (secondary N) is 2. The van der Waals surface area contributed by atoms with E-state index in [1.807, 2.05) is 36.2 Å². The summed E-state index contributed by atoms with van der Waals surface area (Å²) in [6.45, 7) is 7.52. The number of likely N-dealkylation sites (tertiary alicyclic amines) is 1. The van der Waals surface area contributed by atoms with Crippen molar-refractivity contribution in [1.82, 2.24) is 39.9 Å². The molecule has 6 aliphatic rings. The highest BCUT2D eigenvalue weighted by molar-refractivity contribution is 6.06. The van der Waals surface area contributed by atoms with Crippen LogP contribution in [0.2, 0.25) is 0 Å². The molecule has 2 aromatic heterocycles. The van der Waals surface area contributed by atoms with Gasteiger partial charge in [-0.3, -0.25) is 34.4 Å². The molecule has 3 aromatic rings. The molecule has 8 heterocycles. The maximum atomic E-state index is 13.2. The van der Waals surface area contributed by atoms with Gasteiger partial charge in [-0.2, -0.15) is 0 Å². The molecule has 316 valence electrons. The summed E-state index contributed by atoms with van der Waals surface area (Å²) in [6, 6.07) is 8.77. The second kappa shape index (κ2) is 16.3. The van der Waals surface area contributed by atoms with Crippen LogP contribution in [0.25, 0.3) is 0 Å². The van der Waals surface area contributed by atoms with Gasteiger partial charge in [-0.15, -0.1) is 0 Å². The third-order valence-corrected chi connectivity index (χ3v) is 13.2. The first-order valence-electron chi connectivity index (χ1n) is 21.1. The number of pyridine rings is 1. The number of hydrogen-bond donors (Lipinski definition) is 4. The normalized spacial score (nSPS) is 25.3. The van der Waals surface area contributed by atoms with Crippen molar-refractivity contribution < 1.29 is 29.1 Å². The summed E-state index contributed by atoms with van der Waals surface area (Å²) < 4.78 is 0. The Morgan fingerprint density at radius 3 is 2.48 bits per heavy atom. The Kier molecular flexibility index (Phi) is 10.7. The number of piperidine rings is 3. The summed E-state index contributed by atoms with van der Waals surface area (Å²) in [5, 5.41) is 16.7. The van der Waals surface area contributed by atoms with Crippen LogP contribution in [-0.2, 0) is 9.59 Å². The number of rotatable bonds is 10. The number of urea groups is 1. The number of imide groups is 1. The molecule has 5 saturated heterocycles. The molecule has 5 fully saturated rings. The van der Waals surface area contributed by atoms with E-state index in [0.717, 1.165) is 89.3 Å². The fourth-order valence-corrected chi connectivity index (χ4v) is 9.89. The summed E-state index contributed by atoms with van der Waals surface area (Å²) in [4.78, 5) is 88.3. The largest absolute Gasteiger partial charge is 0.371 e. The lowest BCUT2D eigenvalue weighted by atomic mass is 9.92. The molecule has 6 amide bonds. The van der Waals surface area contributed by atoms with Gasteiger partial charge in [0.25, 0.3) is 11.8 Å². The van der Waals surface area contributed by atoms with Crippen molar-refractivity contribution in [1.29, 1.82) is 0 Å². The monoisotopic (exact) mass is 820 g/mol. The Morgan fingerprint density at radius 1 is 0.917 bits per heavy atom. The van der Waals surface area contributed by atoms with Crippen LogP contribution in [0.5, 0.6) is 0 Å². The van der Waals surface area contributed by atoms with E-state index in [1.165, 1.54) is 4.90 Å². The molecule has 0 saturated carbocycles. The molecule has 60 heavy (non-hydrogen) atoms. The minimum atomic E-state index is -1.24. The number of primary amides is 1. The van der Waals surface area contributed by atoms with E-state index in [2.05, 4.69) is 30.3 Å². The van der Waals surface area contributed by atoms with Crippen molar-refractivity contribution in [2.24, 2.45) is 11.7 Å². The van der Waals surface area contributed by atoms with Crippen LogP contribution in [-0.4, -0.2) is 147 Å². The number of nitrogens with two attached hydrogens (primary N) is 1. The molecule has 0 bridgehead atoms. The van der Waals surface area contributed by atoms with Gasteiger partial charge in [0.05, 0.1) is 24.1 Å². The number of amides is 6. The fourth-order valence-electron chi connectivity index (χ4n) is 9.89. The Morgan fingerprint density at radius 2 is 1.75 bits per heavy atom. The number of benzene rings is 1. The summed E-state index contributed by atoms with van der Waals surface area (Å²) in [5.41, 5.74) is 9.28. The van der Waals surface area contributed by atoms with Crippen molar-refractivity contribution in [3.8, 4) is 0 Å². The molecule has 5 N–H and O–H groups in total. The zero-order valence-corrected chi connectivity index (χ0v) is 33.8. The second-order valence-corrected chi connectivity index (χ2v) is 17.0. The number of nitrogens with zero attached hydrogens (tertiary/aromatic N) is 9. The number of likely N-dealkylation sites (N-methyl/N-ethyl adjacent to an activating group) is 1. The molecule has 18 heteroatoms. The molecule has 18 nitrogen and oxygen atoms in total. The van der Waals surface area contributed by atoms with Crippen LogP contribution in [0.3, 0.4) is 0 Å². The van der Waals surface area contributed by atoms with Crippen molar-refractivity contribution in [3.63, 3.8) is 0 Å². The minimum absolute atomic E-state index is 0.0476. The zero-order valence-electron chi connectivity index (χ0n) is 33.8. The van der Waals surface area contributed by atoms with E-state index in [4.69, 9.17) is 15.7 Å². The number of aromatic nitrogens is 3. The molecule has 1 aromatic carbocycles. The topological polar surface area (TPSA) is 214 Å². The molecule has 9 rings (SSSR count). The highest BCUT2D eigenvalue weighted by Crippen LogP contribution is 2.39. The Balaban J connectivity index is 0.771. The van der Waals surface area contributed by atoms with Gasteiger partial charge in [-0.05, 0) is 87.9 Å². The molecular weight excluding hydrogens is 769 g/mol. The molecule has 4 atom stereocenters. The summed E-state index contributed by atoms with van der Waals surface area (Å²) in [6.07, 6.45) is 7.28. The number of carbonyl (C=O) groups is 5. The molecule has 6 aliphatic heterocycles. The minimum Gasteiger partial charge on any atom is -0.371 e. The lowest BCUT2D eigenvalue weighted by molar-refractivity contribution is -0.139. The first kappa shape index (κ1) is 39.6. The van der Waals surface area contributed by atoms with Gasteiger partial charge in [-0.1, -0.05) is 0 Å². The Hall–Kier alpha value is -5.88. The highest BCUT2D eigenvalue weighted by atomic mass is 16.3. The summed E-state index contributed by atoms with van der Waals surface area (Å²) in [5.74, 6) is -0.298. The van der Waals surface area contributed by atoms with Gasteiger partial charge >= 0.3 is 6.03 Å². The molecular formula is C42H52N12O6. The third-order valence-electron chi connectivity index (χ3n) is 13.2. The van der Waals surface area contributed by atoms with Gasteiger partial charge in [0.2, 0.25) is 11.8 Å². The standard InChI is InChI=1S/C42H52N12O6/c1-49-17-18-53(42(49)60)29-3-2-13-52(24-29)34-21-45-36(37(43)56)38(47-34)46-27-4-7-32(44-20-27)26-11-14-50(15-12-26)22-25-10-16-51(23-25)28-5-6-30-31(19-28)41(59)54(40(30)58)33-8-9-35(55)48-39(33)57/h4-7,19-21,25-26,29,33,41,59H,2-3,8-18,22-24H2,1H3,(H2,43,56)(H,46,47)(H,48,55,57)/t25-,29-,33?,41?/m1/s1. The van der Waals surface area contributed by atoms with E-state index in [0.29, 0.717) is 47.6 Å². The van der Waals surface area contributed by atoms with E-state index >= 15 is 0 Å². The molecule has 2 unspecified atom stereocenters. The van der Waals surface area contributed by atoms with Gasteiger partial charge in [-0.25, -0.2) is 14.8 Å². The van der Waals surface area contributed by atoms with Gasteiger partial charge in [0.1, 0.15) is 11.9 Å². The van der Waals surface area contributed by atoms with Crippen molar-refractivity contribution in [3.05, 3.63) is 65.2 Å². The SMILES string of the molecule is CN1CCN([C@@H]2CCCN(c3cnc(C(N)=O)c(Nc4ccc(C5CCN(C[C@H]6CCN(c7ccc8c(c7)C(O)N(C7CCC(=O)NC7=O)C8=O)C6)CC5)nc4)n3)C2)C1=O. The number of aliphatic hydroxyl groups is 1. The van der Waals surface area contributed by atoms with E-state index in [9.17, 15) is 29.1 Å². The fraction of sp³-hybridized carbons (Fsp3) is 0.524. The van der Waals surface area contributed by atoms with Crippen molar-refractivity contribution >= 4 is 52.7 Å². The second-order valence-electron chi connectivity index (χ2n) is 17.0. The Bertz CT molecular complexity index is 2180. The van der Waals surface area contributed by atoms with Gasteiger partial charge < -0.3 is 40.7 Å². The number of fused-ring (bicyclic) bond motifs is 1. The van der Waals surface area contributed by atoms with Crippen LogP contribution in [0.15, 0.2) is 42.7 Å². The lowest BCUT2D eigenvalue weighted by Gasteiger charge is -2.37. The average Bonchev–Trinajstić information content (AvgIpc) is 3.93. The number of anilines is 4. The highest BCUT2D eigenvalue weighted by Gasteiger charge is 2.45. The third kappa shape index (κ3) is 7.69. The maximum Gasteiger partial charge on any atom is 0.320 e. The number of aliphatic hydroxyl groups excluding tert-OH is 1. The van der Waals surface area contributed by atoms with Gasteiger partial charge in [0, 0.05) is 87.7 Å². The zero-order chi connectivity index (χ0) is 41.7. The van der Waals surface area contributed by atoms with Crippen LogP contribution < -0.4 is 26.2 Å². The summed E-state index contributed by atoms with van der Waals surface area (Å²) in [7, 11) is 1.83. The van der Waals surface area contributed by atoms with Crippen LogP contribution in [0.4, 0.5) is 27.8 Å². The summed E-state index contributed by atoms with van der Waals surface area (Å²) >= 11 is 0. The van der Waals surface area contributed by atoms with E-state index in [1.54, 1.807) is 23.4 Å². The molecule has 0 spiro atoms. The predicted molar refractivity (Wildman–Crippen MR) is 221 cm³/mol. The van der Waals surface area contributed by atoms with Crippen LogP contribution in [0, 0.1) is 5.92 Å². The lowest BCUT2D eigenvalue weighted by Crippen LogP contribution is -2.53.